The van der Waals surface area contributed by atoms with Crippen LogP contribution < -0.4 is 5.32 Å². The summed E-state index contributed by atoms with van der Waals surface area (Å²) in [6, 6.07) is 4.02. The fourth-order valence-corrected chi connectivity index (χ4v) is 2.21. The van der Waals surface area contributed by atoms with Crippen LogP contribution in [0.25, 0.3) is 0 Å². The fourth-order valence-electron chi connectivity index (χ4n) is 2.21. The van der Waals surface area contributed by atoms with E-state index in [0.29, 0.717) is 0 Å². The second kappa shape index (κ2) is 7.28. The smallest absolute Gasteiger partial charge is 0.117 e. The molecule has 0 aliphatic rings. The van der Waals surface area contributed by atoms with E-state index in [-0.39, 0.29) is 11.0 Å². The SMILES string of the molecule is CCN(Cc1ccco1)CC(C)(CC)CNC(C)(C)C. The number of nitrogens with one attached hydrogen (secondary N) is 1. The lowest BCUT2D eigenvalue weighted by Crippen LogP contribution is -2.47. The third kappa shape index (κ3) is 6.10. The lowest BCUT2D eigenvalue weighted by atomic mass is 9.85. The van der Waals surface area contributed by atoms with Crippen LogP contribution in [0.1, 0.15) is 53.7 Å². The minimum atomic E-state index is 0.175. The number of nitrogens with zero attached hydrogens (tertiary/aromatic N) is 1. The van der Waals surface area contributed by atoms with E-state index >= 15 is 0 Å². The number of hydrogen-bond acceptors (Lipinski definition) is 3. The zero-order valence-electron chi connectivity index (χ0n) is 14.1. The van der Waals surface area contributed by atoms with Crippen molar-refractivity contribution in [2.45, 2.75) is 60.0 Å². The molecule has 0 fully saturated rings. The third-order valence-electron chi connectivity index (χ3n) is 3.91. The van der Waals surface area contributed by atoms with Crippen molar-refractivity contribution in [3.8, 4) is 0 Å². The summed E-state index contributed by atoms with van der Waals surface area (Å²) in [6.07, 6.45) is 2.92. The Bertz CT molecular complexity index is 367. The molecule has 1 rings (SSSR count). The highest BCUT2D eigenvalue weighted by Gasteiger charge is 2.26. The average Bonchev–Trinajstić information content (AvgIpc) is 2.88. The van der Waals surface area contributed by atoms with Gasteiger partial charge in [0, 0.05) is 18.6 Å². The Morgan fingerprint density at radius 1 is 1.20 bits per heavy atom. The quantitative estimate of drug-likeness (QED) is 0.782. The zero-order valence-corrected chi connectivity index (χ0v) is 14.1. The molecule has 116 valence electrons. The molecule has 0 aliphatic heterocycles. The van der Waals surface area contributed by atoms with E-state index in [4.69, 9.17) is 4.42 Å². The molecule has 3 heteroatoms. The van der Waals surface area contributed by atoms with Gasteiger partial charge in [0.25, 0.3) is 0 Å². The van der Waals surface area contributed by atoms with Crippen molar-refractivity contribution < 1.29 is 4.42 Å². The zero-order chi connectivity index (χ0) is 15.2. The molecule has 1 aromatic rings. The normalized spacial score (nSPS) is 15.6. The van der Waals surface area contributed by atoms with Gasteiger partial charge in [0.2, 0.25) is 0 Å². The maximum atomic E-state index is 5.47. The number of hydrogen-bond donors (Lipinski definition) is 1. The topological polar surface area (TPSA) is 28.4 Å². The van der Waals surface area contributed by atoms with Crippen molar-refractivity contribution in [1.82, 2.24) is 10.2 Å². The van der Waals surface area contributed by atoms with Gasteiger partial charge >= 0.3 is 0 Å². The van der Waals surface area contributed by atoms with Gasteiger partial charge in [0.15, 0.2) is 0 Å². The van der Waals surface area contributed by atoms with Gasteiger partial charge in [-0.05, 0) is 51.3 Å². The average molecular weight is 280 g/mol. The molecule has 1 atom stereocenters. The summed E-state index contributed by atoms with van der Waals surface area (Å²) in [7, 11) is 0. The summed E-state index contributed by atoms with van der Waals surface area (Å²) in [5.41, 5.74) is 0.463. The molecule has 1 heterocycles. The molecule has 0 radical (unpaired) electrons. The Morgan fingerprint density at radius 2 is 1.90 bits per heavy atom. The van der Waals surface area contributed by atoms with Crippen LogP contribution in [0, 0.1) is 5.41 Å². The molecule has 0 bridgehead atoms. The summed E-state index contributed by atoms with van der Waals surface area (Å²) in [4.78, 5) is 2.46. The van der Waals surface area contributed by atoms with E-state index in [9.17, 15) is 0 Å². The highest BCUT2D eigenvalue weighted by atomic mass is 16.3. The van der Waals surface area contributed by atoms with E-state index < -0.39 is 0 Å². The summed E-state index contributed by atoms with van der Waals surface area (Å²) in [5.74, 6) is 1.05. The van der Waals surface area contributed by atoms with Crippen LogP contribution in [0.15, 0.2) is 22.8 Å². The lowest BCUT2D eigenvalue weighted by molar-refractivity contribution is 0.139. The molecule has 20 heavy (non-hydrogen) atoms. The van der Waals surface area contributed by atoms with Crippen molar-refractivity contribution in [3.05, 3.63) is 24.2 Å². The summed E-state index contributed by atoms with van der Waals surface area (Å²) in [5, 5.41) is 3.65. The van der Waals surface area contributed by atoms with Gasteiger partial charge in [-0.2, -0.15) is 0 Å². The first-order valence-electron chi connectivity index (χ1n) is 7.78. The molecule has 0 amide bonds. The monoisotopic (exact) mass is 280 g/mol. The van der Waals surface area contributed by atoms with Gasteiger partial charge in [-0.1, -0.05) is 20.8 Å². The maximum Gasteiger partial charge on any atom is 0.117 e. The lowest BCUT2D eigenvalue weighted by Gasteiger charge is -2.37. The molecule has 0 aliphatic carbocycles. The Balaban J connectivity index is 2.59. The van der Waals surface area contributed by atoms with Crippen LogP contribution in [0.2, 0.25) is 0 Å². The summed E-state index contributed by atoms with van der Waals surface area (Å²) < 4.78 is 5.47. The van der Waals surface area contributed by atoms with Crippen LogP contribution >= 0.6 is 0 Å². The first kappa shape index (κ1) is 17.3. The number of rotatable bonds is 8. The summed E-state index contributed by atoms with van der Waals surface area (Å²) >= 11 is 0. The number of furan rings is 1. The molecule has 1 N–H and O–H groups in total. The second-order valence-corrected chi connectivity index (χ2v) is 7.15. The van der Waals surface area contributed by atoms with E-state index in [1.54, 1.807) is 6.26 Å². The second-order valence-electron chi connectivity index (χ2n) is 7.15. The largest absolute Gasteiger partial charge is 0.468 e. The predicted molar refractivity (Wildman–Crippen MR) is 85.8 cm³/mol. The molecule has 0 spiro atoms. The first-order chi connectivity index (χ1) is 9.28. The minimum absolute atomic E-state index is 0.175. The molecular formula is C17H32N2O. The Hall–Kier alpha value is -0.800. The van der Waals surface area contributed by atoms with E-state index in [1.165, 1.54) is 6.42 Å². The van der Waals surface area contributed by atoms with Gasteiger partial charge in [0.05, 0.1) is 12.8 Å². The minimum Gasteiger partial charge on any atom is -0.468 e. The Labute approximate surface area is 124 Å². The highest BCUT2D eigenvalue weighted by Crippen LogP contribution is 2.23. The van der Waals surface area contributed by atoms with Crippen LogP contribution in [-0.4, -0.2) is 30.1 Å². The van der Waals surface area contributed by atoms with Crippen LogP contribution in [0.4, 0.5) is 0 Å². The molecule has 1 aromatic heterocycles. The Morgan fingerprint density at radius 3 is 2.35 bits per heavy atom. The first-order valence-corrected chi connectivity index (χ1v) is 7.78. The van der Waals surface area contributed by atoms with Gasteiger partial charge in [0.1, 0.15) is 5.76 Å². The molecule has 0 aromatic carbocycles. The van der Waals surface area contributed by atoms with Crippen molar-refractivity contribution in [2.75, 3.05) is 19.6 Å². The van der Waals surface area contributed by atoms with Crippen LogP contribution in [0.5, 0.6) is 0 Å². The molecule has 1 unspecified atom stereocenters. The van der Waals surface area contributed by atoms with Gasteiger partial charge in [-0.3, -0.25) is 4.90 Å². The third-order valence-corrected chi connectivity index (χ3v) is 3.91. The van der Waals surface area contributed by atoms with Gasteiger partial charge in [-0.25, -0.2) is 0 Å². The fraction of sp³-hybridized carbons (Fsp3) is 0.765. The highest BCUT2D eigenvalue weighted by molar-refractivity contribution is 4.98. The predicted octanol–water partition coefficient (Wildman–Crippen LogP) is 3.91. The van der Waals surface area contributed by atoms with Crippen molar-refractivity contribution in [3.63, 3.8) is 0 Å². The van der Waals surface area contributed by atoms with Crippen LogP contribution in [-0.2, 0) is 6.54 Å². The molecule has 0 saturated heterocycles. The maximum absolute atomic E-state index is 5.47. The van der Waals surface area contributed by atoms with E-state index in [1.807, 2.05) is 6.07 Å². The summed E-state index contributed by atoms with van der Waals surface area (Å²) in [6.45, 7) is 17.6. The molecule has 0 saturated carbocycles. The van der Waals surface area contributed by atoms with Crippen LogP contribution in [0.3, 0.4) is 0 Å². The standard InChI is InChI=1S/C17H32N2O/c1-7-17(6,13-18-16(3,4)5)14-19(8-2)12-15-10-9-11-20-15/h9-11,18H,7-8,12-14H2,1-6H3. The molecule has 3 nitrogen and oxygen atoms in total. The van der Waals surface area contributed by atoms with Gasteiger partial charge in [-0.15, -0.1) is 0 Å². The van der Waals surface area contributed by atoms with Crippen molar-refractivity contribution in [2.24, 2.45) is 5.41 Å². The van der Waals surface area contributed by atoms with Crippen molar-refractivity contribution in [1.29, 1.82) is 0 Å². The van der Waals surface area contributed by atoms with E-state index in [2.05, 4.69) is 57.8 Å². The van der Waals surface area contributed by atoms with E-state index in [0.717, 1.165) is 31.9 Å². The Kier molecular flexibility index (Phi) is 6.28. The molecular weight excluding hydrogens is 248 g/mol. The van der Waals surface area contributed by atoms with Gasteiger partial charge < -0.3 is 9.73 Å². The van der Waals surface area contributed by atoms with Crippen molar-refractivity contribution >= 4 is 0 Å².